The first kappa shape index (κ1) is 12.7. The highest BCUT2D eigenvalue weighted by Gasteiger charge is 2.23. The number of nitrogens with two attached hydrogens (primary N) is 2. The van der Waals surface area contributed by atoms with Gasteiger partial charge in [-0.1, -0.05) is 19.8 Å². The highest BCUT2D eigenvalue weighted by Crippen LogP contribution is 2.31. The zero-order valence-electron chi connectivity index (χ0n) is 10.6. The number of rotatable bonds is 4. The van der Waals surface area contributed by atoms with Gasteiger partial charge in [-0.25, -0.2) is 4.98 Å². The Balaban J connectivity index is 2.06. The summed E-state index contributed by atoms with van der Waals surface area (Å²) >= 11 is 0. The van der Waals surface area contributed by atoms with Crippen LogP contribution >= 0.6 is 0 Å². The molecule has 1 aromatic rings. The highest BCUT2D eigenvalue weighted by atomic mass is 16.1. The molecule has 98 valence electrons. The molecule has 1 aliphatic carbocycles. The van der Waals surface area contributed by atoms with Crippen LogP contribution in [0, 0.1) is 11.8 Å². The lowest BCUT2D eigenvalue weighted by Crippen LogP contribution is -2.21. The van der Waals surface area contributed by atoms with E-state index in [0.717, 1.165) is 12.5 Å². The molecule has 2 unspecified atom stereocenters. The fourth-order valence-electron chi connectivity index (χ4n) is 2.56. The Morgan fingerprint density at radius 3 is 2.94 bits per heavy atom. The summed E-state index contributed by atoms with van der Waals surface area (Å²) in [6.45, 7) is 3.10. The fourth-order valence-corrected chi connectivity index (χ4v) is 2.56. The van der Waals surface area contributed by atoms with Gasteiger partial charge in [0.2, 0.25) is 0 Å². The molecule has 5 nitrogen and oxygen atoms in total. The normalized spacial score (nSPS) is 22.9. The number of primary amides is 1. The number of amides is 1. The third-order valence-electron chi connectivity index (χ3n) is 3.75. The molecular formula is C13H20N4O. The Labute approximate surface area is 107 Å². The van der Waals surface area contributed by atoms with Crippen molar-refractivity contribution >= 4 is 17.4 Å². The number of aromatic nitrogens is 1. The molecule has 1 amide bonds. The topological polar surface area (TPSA) is 94.0 Å². The van der Waals surface area contributed by atoms with Gasteiger partial charge >= 0.3 is 0 Å². The summed E-state index contributed by atoms with van der Waals surface area (Å²) in [5.74, 6) is 1.40. The van der Waals surface area contributed by atoms with E-state index in [1.807, 2.05) is 0 Å². The number of nitrogens with zero attached hydrogens (tertiary/aromatic N) is 1. The first-order valence-corrected chi connectivity index (χ1v) is 6.37. The predicted molar refractivity (Wildman–Crippen MR) is 72.2 cm³/mol. The van der Waals surface area contributed by atoms with Crippen LogP contribution in [0.5, 0.6) is 0 Å². The Kier molecular flexibility index (Phi) is 3.69. The van der Waals surface area contributed by atoms with Gasteiger partial charge in [0.05, 0.1) is 17.4 Å². The maximum Gasteiger partial charge on any atom is 0.252 e. The van der Waals surface area contributed by atoms with Crippen molar-refractivity contribution < 1.29 is 4.79 Å². The molecule has 1 heterocycles. The molecule has 0 aromatic carbocycles. The van der Waals surface area contributed by atoms with Gasteiger partial charge in [-0.2, -0.15) is 0 Å². The minimum Gasteiger partial charge on any atom is -0.397 e. The van der Waals surface area contributed by atoms with E-state index in [1.54, 1.807) is 6.07 Å². The maximum atomic E-state index is 11.3. The summed E-state index contributed by atoms with van der Waals surface area (Å²) in [7, 11) is 0. The first-order chi connectivity index (χ1) is 8.58. The Morgan fingerprint density at radius 2 is 2.33 bits per heavy atom. The summed E-state index contributed by atoms with van der Waals surface area (Å²) in [6, 6.07) is 1.57. The second-order valence-electron chi connectivity index (χ2n) is 5.08. The van der Waals surface area contributed by atoms with Crippen LogP contribution in [0.25, 0.3) is 0 Å². The standard InChI is InChI=1S/C13H20N4O/c1-8-3-2-4-9(8)6-16-13-11(12(15)18)5-10(14)7-17-13/h5,7-9H,2-4,6,14H2,1H3,(H2,15,18)(H,16,17). The van der Waals surface area contributed by atoms with Crippen molar-refractivity contribution in [1.29, 1.82) is 0 Å². The largest absolute Gasteiger partial charge is 0.397 e. The summed E-state index contributed by atoms with van der Waals surface area (Å²) < 4.78 is 0. The van der Waals surface area contributed by atoms with Crippen LogP contribution in [0.2, 0.25) is 0 Å². The van der Waals surface area contributed by atoms with Crippen molar-refractivity contribution in [1.82, 2.24) is 4.98 Å². The van der Waals surface area contributed by atoms with E-state index in [1.165, 1.54) is 25.5 Å². The smallest absolute Gasteiger partial charge is 0.252 e. The molecule has 2 atom stereocenters. The maximum absolute atomic E-state index is 11.3. The lowest BCUT2D eigenvalue weighted by atomic mass is 9.98. The fraction of sp³-hybridized carbons (Fsp3) is 0.538. The number of carbonyl (C=O) groups excluding carboxylic acids is 1. The average Bonchev–Trinajstić information content (AvgIpc) is 2.73. The van der Waals surface area contributed by atoms with Gasteiger partial charge in [0.15, 0.2) is 0 Å². The van der Waals surface area contributed by atoms with E-state index < -0.39 is 5.91 Å². The van der Waals surface area contributed by atoms with E-state index >= 15 is 0 Å². The second-order valence-corrected chi connectivity index (χ2v) is 5.08. The van der Waals surface area contributed by atoms with Crippen molar-refractivity contribution in [3.8, 4) is 0 Å². The molecule has 5 N–H and O–H groups in total. The van der Waals surface area contributed by atoms with Gasteiger partial charge in [-0.15, -0.1) is 0 Å². The van der Waals surface area contributed by atoms with E-state index in [9.17, 15) is 4.79 Å². The Morgan fingerprint density at radius 1 is 1.56 bits per heavy atom. The Bertz CT molecular complexity index is 447. The molecular weight excluding hydrogens is 228 g/mol. The second kappa shape index (κ2) is 5.25. The van der Waals surface area contributed by atoms with Gasteiger partial charge in [-0.3, -0.25) is 4.79 Å². The zero-order valence-corrected chi connectivity index (χ0v) is 10.6. The highest BCUT2D eigenvalue weighted by molar-refractivity contribution is 5.98. The van der Waals surface area contributed by atoms with Crippen molar-refractivity contribution in [3.63, 3.8) is 0 Å². The van der Waals surface area contributed by atoms with Crippen molar-refractivity contribution in [2.75, 3.05) is 17.6 Å². The van der Waals surface area contributed by atoms with E-state index in [-0.39, 0.29) is 0 Å². The van der Waals surface area contributed by atoms with Gasteiger partial charge in [0.1, 0.15) is 5.82 Å². The van der Waals surface area contributed by atoms with Crippen molar-refractivity contribution in [3.05, 3.63) is 17.8 Å². The molecule has 1 aliphatic rings. The summed E-state index contributed by atoms with van der Waals surface area (Å²) in [4.78, 5) is 15.5. The molecule has 1 fully saturated rings. The SMILES string of the molecule is CC1CCCC1CNc1ncc(N)cc1C(N)=O. The van der Waals surface area contributed by atoms with E-state index in [2.05, 4.69) is 17.2 Å². The molecule has 0 saturated heterocycles. The lowest BCUT2D eigenvalue weighted by molar-refractivity contribution is 0.100. The van der Waals surface area contributed by atoms with Crippen LogP contribution in [-0.4, -0.2) is 17.4 Å². The van der Waals surface area contributed by atoms with Gasteiger partial charge < -0.3 is 16.8 Å². The predicted octanol–water partition coefficient (Wildman–Crippen LogP) is 1.61. The third-order valence-corrected chi connectivity index (χ3v) is 3.75. The number of carbonyl (C=O) groups is 1. The van der Waals surface area contributed by atoms with Crippen LogP contribution in [0.1, 0.15) is 36.5 Å². The van der Waals surface area contributed by atoms with Gasteiger partial charge in [0, 0.05) is 6.54 Å². The molecule has 1 aromatic heterocycles. The van der Waals surface area contributed by atoms with Crippen molar-refractivity contribution in [2.45, 2.75) is 26.2 Å². The summed E-state index contributed by atoms with van der Waals surface area (Å²) in [5.41, 5.74) is 11.7. The molecule has 5 heteroatoms. The minimum atomic E-state index is -0.503. The number of nitrogens with one attached hydrogen (secondary N) is 1. The van der Waals surface area contributed by atoms with Gasteiger partial charge in [0.25, 0.3) is 5.91 Å². The Hall–Kier alpha value is -1.78. The zero-order chi connectivity index (χ0) is 13.1. The number of anilines is 2. The number of hydrogen-bond donors (Lipinski definition) is 3. The first-order valence-electron chi connectivity index (χ1n) is 6.37. The molecule has 1 saturated carbocycles. The molecule has 0 aliphatic heterocycles. The lowest BCUT2D eigenvalue weighted by Gasteiger charge is -2.17. The molecule has 2 rings (SSSR count). The van der Waals surface area contributed by atoms with Crippen LogP contribution in [-0.2, 0) is 0 Å². The molecule has 0 spiro atoms. The average molecular weight is 248 g/mol. The van der Waals surface area contributed by atoms with Crippen molar-refractivity contribution in [2.24, 2.45) is 17.6 Å². The number of hydrogen-bond acceptors (Lipinski definition) is 4. The van der Waals surface area contributed by atoms with E-state index in [4.69, 9.17) is 11.5 Å². The van der Waals surface area contributed by atoms with Gasteiger partial charge in [-0.05, 0) is 24.3 Å². The molecule has 0 bridgehead atoms. The van der Waals surface area contributed by atoms with Crippen LogP contribution < -0.4 is 16.8 Å². The van der Waals surface area contributed by atoms with E-state index in [0.29, 0.717) is 23.0 Å². The summed E-state index contributed by atoms with van der Waals surface area (Å²) in [5, 5.41) is 3.23. The molecule has 0 radical (unpaired) electrons. The monoisotopic (exact) mass is 248 g/mol. The third kappa shape index (κ3) is 2.72. The number of pyridine rings is 1. The van der Waals surface area contributed by atoms with Crippen LogP contribution in [0.4, 0.5) is 11.5 Å². The summed E-state index contributed by atoms with van der Waals surface area (Å²) in [6.07, 6.45) is 5.33. The van der Waals surface area contributed by atoms with Crippen LogP contribution in [0.3, 0.4) is 0 Å². The number of nitrogen functional groups attached to an aromatic ring is 1. The van der Waals surface area contributed by atoms with Crippen LogP contribution in [0.15, 0.2) is 12.3 Å². The quantitative estimate of drug-likeness (QED) is 0.754. The minimum absolute atomic E-state index is 0.362. The molecule has 18 heavy (non-hydrogen) atoms.